The Labute approximate surface area is 137 Å². The summed E-state index contributed by atoms with van der Waals surface area (Å²) in [6, 6.07) is 14.9. The molecule has 2 heterocycles. The molecule has 0 saturated heterocycles. The summed E-state index contributed by atoms with van der Waals surface area (Å²) in [4.78, 5) is 0. The number of pyridine rings is 1. The topological polar surface area (TPSA) is 28.2 Å². The van der Waals surface area contributed by atoms with Gasteiger partial charge in [-0.3, -0.25) is 0 Å². The summed E-state index contributed by atoms with van der Waals surface area (Å²) in [5.41, 5.74) is 9.74. The van der Waals surface area contributed by atoms with Crippen molar-refractivity contribution in [3.63, 3.8) is 0 Å². The van der Waals surface area contributed by atoms with Crippen molar-refractivity contribution in [2.45, 2.75) is 27.7 Å². The minimum atomic E-state index is 0.679. The number of hydrogen-bond acceptors (Lipinski definition) is 1. The fourth-order valence-electron chi connectivity index (χ4n) is 3.18. The van der Waals surface area contributed by atoms with Crippen molar-refractivity contribution >= 4 is 11.1 Å². The highest BCUT2D eigenvalue weighted by Gasteiger charge is 2.14. The highest BCUT2D eigenvalue weighted by atomic mass is 14.9. The second kappa shape index (κ2) is 5.44. The van der Waals surface area contributed by atoms with Crippen molar-refractivity contribution in [3.05, 3.63) is 71.1 Å². The first-order valence-corrected chi connectivity index (χ1v) is 7.72. The van der Waals surface area contributed by atoms with Gasteiger partial charge in [0.25, 0.3) is 0 Å². The summed E-state index contributed by atoms with van der Waals surface area (Å²) >= 11 is 0. The minimum absolute atomic E-state index is 0.679. The molecule has 0 radical (unpaired) electrons. The molecule has 23 heavy (non-hydrogen) atoms. The Kier molecular flexibility index (Phi) is 3.58. The van der Waals surface area contributed by atoms with Crippen LogP contribution in [-0.4, -0.2) is 4.40 Å². The van der Waals surface area contributed by atoms with Gasteiger partial charge in [0.15, 0.2) is 0 Å². The molecule has 0 atom stereocenters. The lowest BCUT2D eigenvalue weighted by Crippen LogP contribution is -1.96. The summed E-state index contributed by atoms with van der Waals surface area (Å²) < 4.78 is 2.05. The maximum atomic E-state index is 9.50. The molecule has 2 nitrogen and oxygen atoms in total. The summed E-state index contributed by atoms with van der Waals surface area (Å²) in [7, 11) is 0. The van der Waals surface area contributed by atoms with Crippen molar-refractivity contribution in [2.75, 3.05) is 0 Å². The van der Waals surface area contributed by atoms with E-state index in [2.05, 4.69) is 63.8 Å². The lowest BCUT2D eigenvalue weighted by atomic mass is 9.97. The third-order valence-electron chi connectivity index (χ3n) is 4.55. The number of fused-ring (bicyclic) bond motifs is 1. The zero-order valence-electron chi connectivity index (χ0n) is 14.1. The van der Waals surface area contributed by atoms with Crippen LogP contribution in [0.25, 0.3) is 22.2 Å². The summed E-state index contributed by atoms with van der Waals surface area (Å²) in [6.45, 7) is 12.3. The third-order valence-corrected chi connectivity index (χ3v) is 4.55. The van der Waals surface area contributed by atoms with Gasteiger partial charge in [-0.25, -0.2) is 0 Å². The van der Waals surface area contributed by atoms with E-state index in [9.17, 15) is 5.26 Å². The number of aryl methyl sites for hydroxylation is 3. The molecule has 0 aliphatic heterocycles. The molecule has 1 aromatic carbocycles. The highest BCUT2D eigenvalue weighted by Crippen LogP contribution is 2.32. The number of allylic oxidation sites excluding steroid dienone is 1. The Morgan fingerprint density at radius 1 is 1.04 bits per heavy atom. The molecule has 0 amide bonds. The molecule has 2 aromatic heterocycles. The van der Waals surface area contributed by atoms with E-state index in [1.54, 1.807) is 0 Å². The van der Waals surface area contributed by atoms with E-state index in [1.165, 1.54) is 16.7 Å². The van der Waals surface area contributed by atoms with Gasteiger partial charge in [0.05, 0.1) is 5.52 Å². The maximum Gasteiger partial charge on any atom is 0.125 e. The Bertz CT molecular complexity index is 981. The fraction of sp³-hybridized carbons (Fsp3) is 0.190. The van der Waals surface area contributed by atoms with Crippen molar-refractivity contribution in [2.24, 2.45) is 0 Å². The molecule has 0 N–H and O–H groups in total. The lowest BCUT2D eigenvalue weighted by Gasteiger charge is -2.09. The Hall–Kier alpha value is -2.79. The highest BCUT2D eigenvalue weighted by molar-refractivity contribution is 5.84. The Morgan fingerprint density at radius 3 is 2.39 bits per heavy atom. The standard InChI is InChI=1S/C21H20N2/c1-13(2)19-8-7-17(10-15(19)4)20-11-18(12-22)23-16(5)14(3)6-9-21(20)23/h6-11H,1H2,2-5H3. The van der Waals surface area contributed by atoms with Crippen LogP contribution >= 0.6 is 0 Å². The van der Waals surface area contributed by atoms with Gasteiger partial charge in [-0.05, 0) is 62.1 Å². The van der Waals surface area contributed by atoms with Gasteiger partial charge in [0, 0.05) is 11.3 Å². The number of nitriles is 1. The smallest absolute Gasteiger partial charge is 0.125 e. The van der Waals surface area contributed by atoms with Crippen LogP contribution in [0.3, 0.4) is 0 Å². The Morgan fingerprint density at radius 2 is 1.78 bits per heavy atom. The fourth-order valence-corrected chi connectivity index (χ4v) is 3.18. The van der Waals surface area contributed by atoms with Crippen molar-refractivity contribution in [1.29, 1.82) is 5.26 Å². The molecule has 3 rings (SSSR count). The second-order valence-electron chi connectivity index (χ2n) is 6.19. The zero-order valence-corrected chi connectivity index (χ0v) is 14.1. The first kappa shape index (κ1) is 15.1. The van der Waals surface area contributed by atoms with E-state index >= 15 is 0 Å². The molecule has 2 heteroatoms. The van der Waals surface area contributed by atoms with Gasteiger partial charge in [0.1, 0.15) is 11.8 Å². The van der Waals surface area contributed by atoms with Crippen molar-refractivity contribution in [3.8, 4) is 17.2 Å². The van der Waals surface area contributed by atoms with Gasteiger partial charge in [0.2, 0.25) is 0 Å². The molecule has 114 valence electrons. The SMILES string of the molecule is C=C(C)c1ccc(-c2cc(C#N)n3c(C)c(C)ccc23)cc1C. The summed E-state index contributed by atoms with van der Waals surface area (Å²) in [5, 5.41) is 9.50. The number of rotatable bonds is 2. The molecular formula is C21H20N2. The molecule has 0 fully saturated rings. The average Bonchev–Trinajstić information content (AvgIpc) is 2.89. The van der Waals surface area contributed by atoms with Crippen LogP contribution < -0.4 is 0 Å². The molecule has 0 aliphatic carbocycles. The van der Waals surface area contributed by atoms with Crippen LogP contribution in [0.15, 0.2) is 43.0 Å². The van der Waals surface area contributed by atoms with Crippen LogP contribution in [0.4, 0.5) is 0 Å². The molecule has 0 spiro atoms. The van der Waals surface area contributed by atoms with Crippen LogP contribution in [0.2, 0.25) is 0 Å². The predicted molar refractivity (Wildman–Crippen MR) is 96.5 cm³/mol. The van der Waals surface area contributed by atoms with E-state index in [4.69, 9.17) is 0 Å². The monoisotopic (exact) mass is 300 g/mol. The van der Waals surface area contributed by atoms with Gasteiger partial charge in [-0.2, -0.15) is 5.26 Å². The van der Waals surface area contributed by atoms with Gasteiger partial charge in [-0.1, -0.05) is 36.4 Å². The third kappa shape index (κ3) is 2.35. The predicted octanol–water partition coefficient (Wildman–Crippen LogP) is 5.44. The van der Waals surface area contributed by atoms with E-state index < -0.39 is 0 Å². The quantitative estimate of drug-likeness (QED) is 0.619. The first-order chi connectivity index (χ1) is 10.9. The lowest BCUT2D eigenvalue weighted by molar-refractivity contribution is 1.05. The van der Waals surface area contributed by atoms with Crippen LogP contribution in [0, 0.1) is 32.1 Å². The number of hydrogen-bond donors (Lipinski definition) is 0. The van der Waals surface area contributed by atoms with Gasteiger partial charge >= 0.3 is 0 Å². The maximum absolute atomic E-state index is 9.50. The zero-order chi connectivity index (χ0) is 16.7. The van der Waals surface area contributed by atoms with Crippen molar-refractivity contribution in [1.82, 2.24) is 4.40 Å². The number of aromatic nitrogens is 1. The van der Waals surface area contributed by atoms with E-state index in [0.29, 0.717) is 5.69 Å². The van der Waals surface area contributed by atoms with Crippen LogP contribution in [0.5, 0.6) is 0 Å². The number of benzene rings is 1. The molecule has 0 unspecified atom stereocenters. The molecular weight excluding hydrogens is 280 g/mol. The molecule has 0 bridgehead atoms. The summed E-state index contributed by atoms with van der Waals surface area (Å²) in [6.07, 6.45) is 0. The van der Waals surface area contributed by atoms with E-state index in [1.807, 2.05) is 17.4 Å². The average molecular weight is 300 g/mol. The van der Waals surface area contributed by atoms with Gasteiger partial charge < -0.3 is 4.40 Å². The van der Waals surface area contributed by atoms with E-state index in [-0.39, 0.29) is 0 Å². The largest absolute Gasteiger partial charge is 0.305 e. The molecule has 0 aliphatic rings. The van der Waals surface area contributed by atoms with E-state index in [0.717, 1.165) is 27.9 Å². The Balaban J connectivity index is 2.30. The van der Waals surface area contributed by atoms with Crippen LogP contribution in [0.1, 0.15) is 35.0 Å². The number of nitrogens with zero attached hydrogens (tertiary/aromatic N) is 2. The van der Waals surface area contributed by atoms with Crippen LogP contribution in [-0.2, 0) is 0 Å². The first-order valence-electron chi connectivity index (χ1n) is 7.72. The van der Waals surface area contributed by atoms with Crippen molar-refractivity contribution < 1.29 is 0 Å². The minimum Gasteiger partial charge on any atom is -0.305 e. The summed E-state index contributed by atoms with van der Waals surface area (Å²) in [5.74, 6) is 0. The second-order valence-corrected chi connectivity index (χ2v) is 6.19. The molecule has 3 aromatic rings. The molecule has 0 saturated carbocycles. The normalized spacial score (nSPS) is 10.7. The van der Waals surface area contributed by atoms with Gasteiger partial charge in [-0.15, -0.1) is 0 Å².